The van der Waals surface area contributed by atoms with E-state index in [1.165, 1.54) is 34.6 Å². The molecule has 0 aromatic heterocycles. The van der Waals surface area contributed by atoms with Crippen LogP contribution < -0.4 is 5.73 Å². The first-order chi connectivity index (χ1) is 6.57. The lowest BCUT2D eigenvalue weighted by atomic mass is 9.93. The second-order valence-electron chi connectivity index (χ2n) is 4.50. The van der Waals surface area contributed by atoms with Crippen LogP contribution in [0.25, 0.3) is 0 Å². The van der Waals surface area contributed by atoms with Gasteiger partial charge in [-0.3, -0.25) is 0 Å². The lowest BCUT2D eigenvalue weighted by molar-refractivity contribution is 0.552. The Balaban J connectivity index is 2.39. The molecule has 14 heavy (non-hydrogen) atoms. The van der Waals surface area contributed by atoms with Gasteiger partial charge in [0, 0.05) is 10.4 Å². The van der Waals surface area contributed by atoms with E-state index in [-0.39, 0.29) is 5.54 Å². The van der Waals surface area contributed by atoms with E-state index in [0.717, 1.165) is 0 Å². The molecule has 0 aliphatic carbocycles. The van der Waals surface area contributed by atoms with Crippen molar-refractivity contribution >= 4 is 11.8 Å². The molecule has 0 bridgehead atoms. The molecule has 1 aliphatic heterocycles. The minimum absolute atomic E-state index is 0.211. The fraction of sp³-hybridized carbons (Fsp3) is 0.500. The first-order valence-corrected chi connectivity index (χ1v) is 6.11. The molecule has 2 rings (SSSR count). The summed E-state index contributed by atoms with van der Waals surface area (Å²) in [6.07, 6.45) is 2.51. The average Bonchev–Trinajstić information content (AvgIpc) is 2.16. The zero-order valence-corrected chi connectivity index (χ0v) is 9.66. The van der Waals surface area contributed by atoms with Crippen LogP contribution in [-0.2, 0) is 12.0 Å². The number of fused-ring (bicyclic) bond motifs is 1. The fourth-order valence-electron chi connectivity index (χ4n) is 1.76. The van der Waals surface area contributed by atoms with Gasteiger partial charge in [-0.05, 0) is 49.6 Å². The van der Waals surface area contributed by atoms with E-state index in [1.807, 2.05) is 11.8 Å². The maximum atomic E-state index is 6.08. The van der Waals surface area contributed by atoms with Gasteiger partial charge in [-0.15, -0.1) is 11.8 Å². The summed E-state index contributed by atoms with van der Waals surface area (Å²) in [5.41, 5.74) is 8.60. The van der Waals surface area contributed by atoms with Crippen molar-refractivity contribution in [2.75, 3.05) is 5.75 Å². The number of aryl methyl sites for hydroxylation is 1. The van der Waals surface area contributed by atoms with Crippen LogP contribution in [0.4, 0.5) is 0 Å². The molecule has 2 heteroatoms. The van der Waals surface area contributed by atoms with E-state index in [2.05, 4.69) is 32.0 Å². The standard InChI is InChI=1S/C12H17NS/c1-12(2,13)10-5-6-11-9(8-10)4-3-7-14-11/h5-6,8H,3-4,7,13H2,1-2H3. The van der Waals surface area contributed by atoms with E-state index in [4.69, 9.17) is 5.73 Å². The van der Waals surface area contributed by atoms with Crippen molar-refractivity contribution in [3.8, 4) is 0 Å². The molecular weight excluding hydrogens is 190 g/mol. The van der Waals surface area contributed by atoms with Crippen molar-refractivity contribution in [1.82, 2.24) is 0 Å². The number of hydrogen-bond acceptors (Lipinski definition) is 2. The zero-order valence-electron chi connectivity index (χ0n) is 8.84. The first-order valence-electron chi connectivity index (χ1n) is 5.12. The number of hydrogen-bond donors (Lipinski definition) is 1. The van der Waals surface area contributed by atoms with Crippen LogP contribution in [0.3, 0.4) is 0 Å². The quantitative estimate of drug-likeness (QED) is 0.766. The van der Waals surface area contributed by atoms with Crippen molar-refractivity contribution in [1.29, 1.82) is 0 Å². The summed E-state index contributed by atoms with van der Waals surface area (Å²) in [6, 6.07) is 6.67. The summed E-state index contributed by atoms with van der Waals surface area (Å²) in [5, 5.41) is 0. The summed E-state index contributed by atoms with van der Waals surface area (Å²) in [6.45, 7) is 4.12. The third-order valence-corrected chi connectivity index (χ3v) is 3.85. The van der Waals surface area contributed by atoms with Crippen LogP contribution in [0.1, 0.15) is 31.4 Å². The van der Waals surface area contributed by atoms with E-state index in [9.17, 15) is 0 Å². The van der Waals surface area contributed by atoms with E-state index < -0.39 is 0 Å². The lowest BCUT2D eigenvalue weighted by Gasteiger charge is -2.23. The molecule has 1 aromatic carbocycles. The molecule has 0 unspecified atom stereocenters. The number of thioether (sulfide) groups is 1. The Hall–Kier alpha value is -0.470. The van der Waals surface area contributed by atoms with Crippen molar-refractivity contribution in [3.05, 3.63) is 29.3 Å². The third kappa shape index (κ3) is 1.96. The predicted octanol–water partition coefficient (Wildman–Crippen LogP) is 2.92. The topological polar surface area (TPSA) is 26.0 Å². The third-order valence-electron chi connectivity index (χ3n) is 2.65. The van der Waals surface area contributed by atoms with Crippen molar-refractivity contribution in [3.63, 3.8) is 0 Å². The second kappa shape index (κ2) is 3.59. The highest BCUT2D eigenvalue weighted by Gasteiger charge is 2.17. The van der Waals surface area contributed by atoms with Crippen LogP contribution in [0.2, 0.25) is 0 Å². The Kier molecular flexibility index (Phi) is 2.58. The summed E-state index contributed by atoms with van der Waals surface area (Å²) < 4.78 is 0. The predicted molar refractivity (Wildman–Crippen MR) is 62.7 cm³/mol. The summed E-state index contributed by atoms with van der Waals surface area (Å²) in [5.74, 6) is 1.26. The van der Waals surface area contributed by atoms with Crippen molar-refractivity contribution < 1.29 is 0 Å². The molecule has 76 valence electrons. The largest absolute Gasteiger partial charge is 0.322 e. The fourth-order valence-corrected chi connectivity index (χ4v) is 2.78. The highest BCUT2D eigenvalue weighted by Crippen LogP contribution is 2.32. The molecule has 0 saturated heterocycles. The van der Waals surface area contributed by atoms with Crippen LogP contribution in [0.5, 0.6) is 0 Å². The van der Waals surface area contributed by atoms with Gasteiger partial charge in [0.05, 0.1) is 0 Å². The Morgan fingerprint density at radius 3 is 2.86 bits per heavy atom. The van der Waals surface area contributed by atoms with Crippen LogP contribution >= 0.6 is 11.8 Å². The van der Waals surface area contributed by atoms with Crippen LogP contribution in [-0.4, -0.2) is 5.75 Å². The van der Waals surface area contributed by atoms with Gasteiger partial charge < -0.3 is 5.73 Å². The van der Waals surface area contributed by atoms with Gasteiger partial charge in [0.2, 0.25) is 0 Å². The maximum Gasteiger partial charge on any atom is 0.0352 e. The van der Waals surface area contributed by atoms with Gasteiger partial charge in [-0.2, -0.15) is 0 Å². The number of nitrogens with two attached hydrogens (primary N) is 1. The SMILES string of the molecule is CC(C)(N)c1ccc2c(c1)CCCS2. The summed E-state index contributed by atoms with van der Waals surface area (Å²) in [7, 11) is 0. The molecule has 0 atom stereocenters. The smallest absolute Gasteiger partial charge is 0.0352 e. The normalized spacial score (nSPS) is 16.5. The van der Waals surface area contributed by atoms with E-state index in [1.54, 1.807) is 0 Å². The van der Waals surface area contributed by atoms with Gasteiger partial charge in [-0.1, -0.05) is 12.1 Å². The molecule has 0 saturated carbocycles. The van der Waals surface area contributed by atoms with Crippen LogP contribution in [0, 0.1) is 0 Å². The molecule has 2 N–H and O–H groups in total. The summed E-state index contributed by atoms with van der Waals surface area (Å²) in [4.78, 5) is 1.45. The highest BCUT2D eigenvalue weighted by atomic mass is 32.2. The first kappa shape index (κ1) is 10.1. The molecule has 1 nitrogen and oxygen atoms in total. The maximum absolute atomic E-state index is 6.08. The monoisotopic (exact) mass is 207 g/mol. The molecular formula is C12H17NS. The molecule has 0 amide bonds. The van der Waals surface area contributed by atoms with Gasteiger partial charge >= 0.3 is 0 Å². The van der Waals surface area contributed by atoms with Gasteiger partial charge in [0.15, 0.2) is 0 Å². The second-order valence-corrected chi connectivity index (χ2v) is 5.63. The van der Waals surface area contributed by atoms with Gasteiger partial charge in [0.25, 0.3) is 0 Å². The number of benzene rings is 1. The Bertz CT molecular complexity index is 339. The molecule has 1 aliphatic rings. The Morgan fingerprint density at radius 1 is 1.36 bits per heavy atom. The van der Waals surface area contributed by atoms with E-state index >= 15 is 0 Å². The molecule has 0 fully saturated rings. The van der Waals surface area contributed by atoms with Gasteiger partial charge in [0.1, 0.15) is 0 Å². The summed E-state index contributed by atoms with van der Waals surface area (Å²) >= 11 is 1.97. The molecule has 0 spiro atoms. The Labute approximate surface area is 90.1 Å². The van der Waals surface area contributed by atoms with Crippen molar-refractivity contribution in [2.24, 2.45) is 5.73 Å². The van der Waals surface area contributed by atoms with Crippen LogP contribution in [0.15, 0.2) is 23.1 Å². The molecule has 0 radical (unpaired) electrons. The average molecular weight is 207 g/mol. The lowest BCUT2D eigenvalue weighted by Crippen LogP contribution is -2.28. The number of rotatable bonds is 1. The molecule has 1 aromatic rings. The Morgan fingerprint density at radius 2 is 2.14 bits per heavy atom. The minimum Gasteiger partial charge on any atom is -0.322 e. The van der Waals surface area contributed by atoms with E-state index in [0.29, 0.717) is 0 Å². The van der Waals surface area contributed by atoms with Crippen molar-refractivity contribution in [2.45, 2.75) is 37.1 Å². The zero-order chi connectivity index (χ0) is 10.2. The minimum atomic E-state index is -0.211. The highest BCUT2D eigenvalue weighted by molar-refractivity contribution is 7.99. The van der Waals surface area contributed by atoms with Gasteiger partial charge in [-0.25, -0.2) is 0 Å². The molecule has 1 heterocycles.